The molecule has 11 heavy (non-hydrogen) atoms. The first-order chi connectivity index (χ1) is 5.09. The van der Waals surface area contributed by atoms with Crippen molar-refractivity contribution < 1.29 is 0 Å². The molecule has 0 aromatic carbocycles. The van der Waals surface area contributed by atoms with Crippen LogP contribution < -0.4 is 17.2 Å². The average Bonchev–Trinajstić information content (AvgIpc) is 1.85. The number of anilines is 2. The molecule has 58 valence electrons. The minimum absolute atomic E-state index is 0.0579. The lowest BCUT2D eigenvalue weighted by molar-refractivity contribution is 1.13. The summed E-state index contributed by atoms with van der Waals surface area (Å²) in [5.74, 6) is 0.233. The van der Waals surface area contributed by atoms with Crippen LogP contribution in [-0.2, 0) is 0 Å². The fraction of sp³-hybridized carbons (Fsp3) is 0. The first-order valence-corrected chi connectivity index (χ1v) is 2.84. The fourth-order valence-corrected chi connectivity index (χ4v) is 0.606. The number of nitrogens with zero attached hydrogens (tertiary/aromatic N) is 2. The van der Waals surface area contributed by atoms with Gasteiger partial charge in [-0.3, -0.25) is 5.41 Å². The minimum atomic E-state index is -0.246. The third-order valence-electron chi connectivity index (χ3n) is 1.01. The molecular weight excluding hydrogens is 144 g/mol. The van der Waals surface area contributed by atoms with Crippen molar-refractivity contribution in [1.82, 2.24) is 9.97 Å². The van der Waals surface area contributed by atoms with E-state index in [0.717, 1.165) is 0 Å². The molecule has 1 heterocycles. The Kier molecular flexibility index (Phi) is 1.59. The van der Waals surface area contributed by atoms with Crippen molar-refractivity contribution in [3.8, 4) is 0 Å². The lowest BCUT2D eigenvalue weighted by Gasteiger charge is -1.98. The lowest BCUT2D eigenvalue weighted by atomic mass is 10.5. The van der Waals surface area contributed by atoms with E-state index in [2.05, 4.69) is 9.97 Å². The second kappa shape index (κ2) is 2.41. The van der Waals surface area contributed by atoms with Gasteiger partial charge in [-0.05, 0) is 0 Å². The Balaban J connectivity index is 3.19. The lowest BCUT2D eigenvalue weighted by Crippen LogP contribution is -2.17. The van der Waals surface area contributed by atoms with E-state index in [1.54, 1.807) is 0 Å². The second-order valence-electron chi connectivity index (χ2n) is 1.95. The van der Waals surface area contributed by atoms with E-state index >= 15 is 0 Å². The van der Waals surface area contributed by atoms with Crippen LogP contribution in [-0.4, -0.2) is 15.8 Å². The van der Waals surface area contributed by atoms with Gasteiger partial charge < -0.3 is 17.2 Å². The van der Waals surface area contributed by atoms with Crippen LogP contribution in [0.15, 0.2) is 6.07 Å². The van der Waals surface area contributed by atoms with Gasteiger partial charge in [0.25, 0.3) is 0 Å². The number of nitrogens with one attached hydrogen (secondary N) is 1. The topological polar surface area (TPSA) is 128 Å². The van der Waals surface area contributed by atoms with Gasteiger partial charge in [0.05, 0.1) is 0 Å². The van der Waals surface area contributed by atoms with Crippen molar-refractivity contribution in [3.63, 3.8) is 0 Å². The van der Waals surface area contributed by atoms with Crippen LogP contribution in [0.4, 0.5) is 11.6 Å². The Morgan fingerprint density at radius 1 is 1.27 bits per heavy atom. The van der Waals surface area contributed by atoms with Gasteiger partial charge >= 0.3 is 0 Å². The van der Waals surface area contributed by atoms with Crippen LogP contribution in [0, 0.1) is 5.41 Å². The Labute approximate surface area is 62.9 Å². The van der Waals surface area contributed by atoms with Crippen molar-refractivity contribution in [1.29, 1.82) is 5.41 Å². The van der Waals surface area contributed by atoms with Crippen molar-refractivity contribution in [2.45, 2.75) is 0 Å². The number of nitrogen functional groups attached to an aromatic ring is 3. The Morgan fingerprint density at radius 3 is 2.09 bits per heavy atom. The molecular formula is C5H8N6. The highest BCUT2D eigenvalue weighted by Gasteiger charge is 2.01. The molecule has 0 radical (unpaired) electrons. The van der Waals surface area contributed by atoms with Crippen molar-refractivity contribution >= 4 is 17.5 Å². The molecule has 0 aliphatic rings. The molecule has 6 heteroatoms. The standard InChI is InChI=1S/C5H8N6/c6-2-1-3(7)11-5(10-2)4(8)9/h1H,(H3,8,9)(H4,6,7,10,11). The maximum Gasteiger partial charge on any atom is 0.198 e. The molecule has 0 fully saturated rings. The summed E-state index contributed by atoms with van der Waals surface area (Å²) in [6, 6.07) is 1.40. The molecule has 0 atom stereocenters. The van der Waals surface area contributed by atoms with Crippen molar-refractivity contribution in [3.05, 3.63) is 11.9 Å². The van der Waals surface area contributed by atoms with E-state index in [0.29, 0.717) is 0 Å². The summed E-state index contributed by atoms with van der Waals surface area (Å²) in [6.07, 6.45) is 0. The highest BCUT2D eigenvalue weighted by Crippen LogP contribution is 2.02. The molecule has 0 amide bonds. The monoisotopic (exact) mass is 152 g/mol. The SMILES string of the molecule is N=C(N)c1nc(N)cc(N)n1. The number of aromatic nitrogens is 2. The zero-order valence-corrected chi connectivity index (χ0v) is 5.70. The number of rotatable bonds is 1. The third-order valence-corrected chi connectivity index (χ3v) is 1.01. The van der Waals surface area contributed by atoms with Gasteiger partial charge in [-0.15, -0.1) is 0 Å². The van der Waals surface area contributed by atoms with Crippen LogP contribution in [0.3, 0.4) is 0 Å². The van der Waals surface area contributed by atoms with E-state index in [1.807, 2.05) is 0 Å². The molecule has 1 aromatic rings. The predicted molar refractivity (Wildman–Crippen MR) is 41.9 cm³/mol. The Hall–Kier alpha value is -1.85. The molecule has 0 spiro atoms. The second-order valence-corrected chi connectivity index (χ2v) is 1.95. The quantitative estimate of drug-likeness (QED) is 0.301. The number of hydrogen-bond donors (Lipinski definition) is 4. The van der Waals surface area contributed by atoms with Crippen LogP contribution in [0.5, 0.6) is 0 Å². The molecule has 7 N–H and O–H groups in total. The summed E-state index contributed by atoms with van der Waals surface area (Å²) >= 11 is 0. The minimum Gasteiger partial charge on any atom is -0.384 e. The zero-order chi connectivity index (χ0) is 8.43. The summed E-state index contributed by atoms with van der Waals surface area (Å²) in [5.41, 5.74) is 15.7. The van der Waals surface area contributed by atoms with Crippen LogP contribution in [0.25, 0.3) is 0 Å². The van der Waals surface area contributed by atoms with Gasteiger partial charge in [0, 0.05) is 6.07 Å². The molecule has 1 rings (SSSR count). The van der Waals surface area contributed by atoms with Gasteiger partial charge in [-0.1, -0.05) is 0 Å². The maximum absolute atomic E-state index is 6.97. The molecule has 6 nitrogen and oxygen atoms in total. The summed E-state index contributed by atoms with van der Waals surface area (Å²) in [4.78, 5) is 7.34. The van der Waals surface area contributed by atoms with Crippen molar-refractivity contribution in [2.24, 2.45) is 5.73 Å². The first-order valence-electron chi connectivity index (χ1n) is 2.84. The summed E-state index contributed by atoms with van der Waals surface area (Å²) in [6.45, 7) is 0. The van der Waals surface area contributed by atoms with E-state index in [4.69, 9.17) is 22.6 Å². The van der Waals surface area contributed by atoms with Gasteiger partial charge in [-0.25, -0.2) is 9.97 Å². The van der Waals surface area contributed by atoms with E-state index in [-0.39, 0.29) is 23.3 Å². The Bertz CT molecular complexity index is 273. The molecule has 0 saturated heterocycles. The summed E-state index contributed by atoms with van der Waals surface area (Å²) in [5, 5.41) is 6.97. The molecule has 0 aliphatic carbocycles. The van der Waals surface area contributed by atoms with Crippen molar-refractivity contribution in [2.75, 3.05) is 11.5 Å². The Morgan fingerprint density at radius 2 is 1.73 bits per heavy atom. The number of hydrogen-bond acceptors (Lipinski definition) is 5. The smallest absolute Gasteiger partial charge is 0.198 e. The van der Waals surface area contributed by atoms with Crippen LogP contribution >= 0.6 is 0 Å². The van der Waals surface area contributed by atoms with Gasteiger partial charge in [-0.2, -0.15) is 0 Å². The van der Waals surface area contributed by atoms with E-state index in [9.17, 15) is 0 Å². The van der Waals surface area contributed by atoms with Gasteiger partial charge in [0.15, 0.2) is 11.7 Å². The largest absolute Gasteiger partial charge is 0.384 e. The van der Waals surface area contributed by atoms with Crippen LogP contribution in [0.1, 0.15) is 5.82 Å². The number of nitrogens with two attached hydrogens (primary N) is 3. The third kappa shape index (κ3) is 1.54. The number of amidine groups is 1. The molecule has 0 aliphatic heterocycles. The summed E-state index contributed by atoms with van der Waals surface area (Å²) < 4.78 is 0. The molecule has 0 unspecified atom stereocenters. The first kappa shape index (κ1) is 7.26. The molecule has 0 saturated carbocycles. The van der Waals surface area contributed by atoms with Gasteiger partial charge in [0.2, 0.25) is 0 Å². The van der Waals surface area contributed by atoms with E-state index in [1.165, 1.54) is 6.07 Å². The van der Waals surface area contributed by atoms with Crippen LogP contribution in [0.2, 0.25) is 0 Å². The fourth-order valence-electron chi connectivity index (χ4n) is 0.606. The maximum atomic E-state index is 6.97. The van der Waals surface area contributed by atoms with E-state index < -0.39 is 0 Å². The normalized spacial score (nSPS) is 9.45. The zero-order valence-electron chi connectivity index (χ0n) is 5.70. The highest BCUT2D eigenvalue weighted by atomic mass is 15.0. The molecule has 1 aromatic heterocycles. The highest BCUT2D eigenvalue weighted by molar-refractivity contribution is 5.91. The average molecular weight is 152 g/mol. The molecule has 0 bridgehead atoms. The summed E-state index contributed by atoms with van der Waals surface area (Å²) in [7, 11) is 0. The predicted octanol–water partition coefficient (Wildman–Crippen LogP) is -1.07. The van der Waals surface area contributed by atoms with Gasteiger partial charge in [0.1, 0.15) is 11.6 Å².